The van der Waals surface area contributed by atoms with Gasteiger partial charge in [-0.3, -0.25) is 0 Å². The van der Waals surface area contributed by atoms with E-state index in [0.29, 0.717) is 17.2 Å². The SMILES string of the molecule is N#Cc1nc2c(nc1Oc1ccccc1)c1nc(C#N)c(Oc3ccccc3)nc1c1nc(C#N)c(Oc3ccccc3)nc21. The molecule has 0 spiro atoms. The molecule has 0 aliphatic carbocycles. The van der Waals surface area contributed by atoms with Crippen LogP contribution < -0.4 is 14.2 Å². The van der Waals surface area contributed by atoms with Crippen molar-refractivity contribution in [1.82, 2.24) is 29.9 Å². The van der Waals surface area contributed by atoms with Crippen molar-refractivity contribution in [2.75, 3.05) is 0 Å². The van der Waals surface area contributed by atoms with Gasteiger partial charge in [0.15, 0.2) is 0 Å². The van der Waals surface area contributed by atoms with E-state index < -0.39 is 0 Å². The highest BCUT2D eigenvalue weighted by Gasteiger charge is 2.25. The largest absolute Gasteiger partial charge is 0.436 e. The molecule has 0 fully saturated rings. The number of benzene rings is 4. The summed E-state index contributed by atoms with van der Waals surface area (Å²) in [5, 5.41) is 30.0. The minimum atomic E-state index is -0.138. The molecule has 0 N–H and O–H groups in total. The van der Waals surface area contributed by atoms with Crippen LogP contribution in [0.4, 0.5) is 0 Å². The monoisotopic (exact) mass is 585 g/mol. The molecule has 3 heterocycles. The summed E-state index contributed by atoms with van der Waals surface area (Å²) >= 11 is 0. The second kappa shape index (κ2) is 11.2. The lowest BCUT2D eigenvalue weighted by Gasteiger charge is -2.13. The lowest BCUT2D eigenvalue weighted by molar-refractivity contribution is 0.460. The van der Waals surface area contributed by atoms with Crippen LogP contribution in [-0.4, -0.2) is 29.9 Å². The first-order valence-electron chi connectivity index (χ1n) is 13.3. The lowest BCUT2D eigenvalue weighted by atomic mass is 10.1. The second-order valence-electron chi connectivity index (χ2n) is 9.30. The molecule has 7 rings (SSSR count). The number of nitriles is 3. The summed E-state index contributed by atoms with van der Waals surface area (Å²) in [7, 11) is 0. The Bertz CT molecular complexity index is 2090. The van der Waals surface area contributed by atoms with Crippen LogP contribution in [0.25, 0.3) is 33.1 Å². The standard InChI is InChI=1S/C33H15N9O3/c34-16-22-31(43-19-10-4-1-5-11-19)40-28-25(37-22)29-27(39-24(18-36)33(41-29)45-21-14-8-3-9-15-21)30-26(28)38-23(17-35)32(42-30)44-20-12-6-2-7-13-20/h1-15H. The fraction of sp³-hybridized carbons (Fsp3) is 0. The van der Waals surface area contributed by atoms with E-state index in [2.05, 4.69) is 29.9 Å². The van der Waals surface area contributed by atoms with Crippen LogP contribution in [0.5, 0.6) is 34.9 Å². The van der Waals surface area contributed by atoms with E-state index in [4.69, 9.17) is 14.2 Å². The smallest absolute Gasteiger partial charge is 0.257 e. The Labute approximate surface area is 254 Å². The Morgan fingerprint density at radius 3 is 0.844 bits per heavy atom. The van der Waals surface area contributed by atoms with E-state index in [9.17, 15) is 15.8 Å². The third-order valence-corrected chi connectivity index (χ3v) is 6.46. The van der Waals surface area contributed by atoms with Gasteiger partial charge >= 0.3 is 0 Å². The molecule has 0 bridgehead atoms. The van der Waals surface area contributed by atoms with Crippen LogP contribution in [0.15, 0.2) is 91.0 Å². The quantitative estimate of drug-likeness (QED) is 0.194. The third-order valence-electron chi connectivity index (χ3n) is 6.46. The molecular formula is C33H15N9O3. The van der Waals surface area contributed by atoms with Crippen LogP contribution in [0.2, 0.25) is 0 Å². The molecule has 7 aromatic rings. The molecule has 0 unspecified atom stereocenters. The number of nitrogens with zero attached hydrogens (tertiary/aromatic N) is 9. The molecule has 12 heteroatoms. The second-order valence-corrected chi connectivity index (χ2v) is 9.30. The van der Waals surface area contributed by atoms with Crippen LogP contribution >= 0.6 is 0 Å². The molecule has 0 aliphatic heterocycles. The Kier molecular flexibility index (Phi) is 6.64. The normalized spacial score (nSPS) is 10.6. The van der Waals surface area contributed by atoms with E-state index in [1.165, 1.54) is 0 Å². The highest BCUT2D eigenvalue weighted by atomic mass is 16.5. The average Bonchev–Trinajstić information content (AvgIpc) is 3.09. The van der Waals surface area contributed by atoms with Gasteiger partial charge in [0.05, 0.1) is 0 Å². The van der Waals surface area contributed by atoms with E-state index in [0.717, 1.165) is 0 Å². The Hall–Kier alpha value is -7.23. The molecule has 0 atom stereocenters. The molecule has 0 amide bonds. The highest BCUT2D eigenvalue weighted by molar-refractivity contribution is 6.18. The predicted molar refractivity (Wildman–Crippen MR) is 159 cm³/mol. The maximum absolute atomic E-state index is 10.0. The van der Waals surface area contributed by atoms with Crippen molar-refractivity contribution in [1.29, 1.82) is 15.8 Å². The van der Waals surface area contributed by atoms with E-state index in [-0.39, 0.29) is 67.8 Å². The maximum atomic E-state index is 10.0. The summed E-state index contributed by atoms with van der Waals surface area (Å²) < 4.78 is 17.8. The van der Waals surface area contributed by atoms with Gasteiger partial charge < -0.3 is 14.2 Å². The average molecular weight is 586 g/mol. The maximum Gasteiger partial charge on any atom is 0.257 e. The molecule has 0 radical (unpaired) electrons. The molecule has 3 aromatic heterocycles. The Balaban J connectivity index is 1.55. The van der Waals surface area contributed by atoms with Crippen LogP contribution in [0, 0.1) is 34.0 Å². The zero-order chi connectivity index (χ0) is 30.8. The first-order chi connectivity index (χ1) is 22.1. The van der Waals surface area contributed by atoms with Gasteiger partial charge in [0.25, 0.3) is 17.6 Å². The van der Waals surface area contributed by atoms with Crippen molar-refractivity contribution in [2.24, 2.45) is 0 Å². The van der Waals surface area contributed by atoms with Gasteiger partial charge in [0.1, 0.15) is 68.6 Å². The minimum absolute atomic E-state index is 0.0934. The topological polar surface area (TPSA) is 176 Å². The molecule has 0 saturated heterocycles. The third kappa shape index (κ3) is 4.95. The van der Waals surface area contributed by atoms with Crippen LogP contribution in [0.1, 0.15) is 17.1 Å². The summed E-state index contributed by atoms with van der Waals surface area (Å²) in [6.45, 7) is 0. The number of fused-ring (bicyclic) bond motifs is 6. The zero-order valence-corrected chi connectivity index (χ0v) is 22.9. The molecular weight excluding hydrogens is 570 g/mol. The van der Waals surface area contributed by atoms with Crippen molar-refractivity contribution >= 4 is 33.1 Å². The Morgan fingerprint density at radius 2 is 0.600 bits per heavy atom. The van der Waals surface area contributed by atoms with Gasteiger partial charge in [-0.05, 0) is 36.4 Å². The zero-order valence-electron chi connectivity index (χ0n) is 22.9. The van der Waals surface area contributed by atoms with Crippen LogP contribution in [0.3, 0.4) is 0 Å². The van der Waals surface area contributed by atoms with Gasteiger partial charge in [0.2, 0.25) is 17.1 Å². The summed E-state index contributed by atoms with van der Waals surface area (Å²) in [6.07, 6.45) is 0. The number of para-hydroxylation sites is 3. The van der Waals surface area contributed by atoms with Crippen LogP contribution in [-0.2, 0) is 0 Å². The summed E-state index contributed by atoms with van der Waals surface area (Å²) in [5.41, 5.74) is 0.300. The number of hydrogen-bond donors (Lipinski definition) is 0. The number of ether oxygens (including phenoxy) is 3. The number of hydrogen-bond acceptors (Lipinski definition) is 12. The van der Waals surface area contributed by atoms with Gasteiger partial charge in [0, 0.05) is 0 Å². The Morgan fingerprint density at radius 1 is 0.356 bits per heavy atom. The molecule has 0 aliphatic rings. The van der Waals surface area contributed by atoms with E-state index >= 15 is 0 Å². The van der Waals surface area contributed by atoms with Gasteiger partial charge in [-0.15, -0.1) is 0 Å². The van der Waals surface area contributed by atoms with Crippen molar-refractivity contribution in [3.63, 3.8) is 0 Å². The fourth-order valence-electron chi connectivity index (χ4n) is 4.48. The molecule has 12 nitrogen and oxygen atoms in total. The van der Waals surface area contributed by atoms with Gasteiger partial charge in [-0.2, -0.15) is 15.8 Å². The van der Waals surface area contributed by atoms with Crippen molar-refractivity contribution in [3.8, 4) is 53.1 Å². The van der Waals surface area contributed by atoms with Gasteiger partial charge in [-0.1, -0.05) is 54.6 Å². The van der Waals surface area contributed by atoms with Crippen molar-refractivity contribution in [3.05, 3.63) is 108 Å². The molecule has 210 valence electrons. The summed E-state index contributed by atoms with van der Waals surface area (Å²) in [5.74, 6) is 0.990. The summed E-state index contributed by atoms with van der Waals surface area (Å²) in [6, 6.07) is 32.4. The molecule has 45 heavy (non-hydrogen) atoms. The highest BCUT2D eigenvalue weighted by Crippen LogP contribution is 2.36. The number of rotatable bonds is 6. The summed E-state index contributed by atoms with van der Waals surface area (Å²) in [4.78, 5) is 27.5. The first kappa shape index (κ1) is 26.7. The van der Waals surface area contributed by atoms with Crippen molar-refractivity contribution < 1.29 is 14.2 Å². The molecule has 0 saturated carbocycles. The van der Waals surface area contributed by atoms with Gasteiger partial charge in [-0.25, -0.2) is 29.9 Å². The van der Waals surface area contributed by atoms with Crippen molar-refractivity contribution in [2.45, 2.75) is 0 Å². The first-order valence-corrected chi connectivity index (χ1v) is 13.3. The van der Waals surface area contributed by atoms with E-state index in [1.807, 2.05) is 36.4 Å². The molecule has 4 aromatic carbocycles. The fourth-order valence-corrected chi connectivity index (χ4v) is 4.48. The van der Waals surface area contributed by atoms with E-state index in [1.54, 1.807) is 72.8 Å². The minimum Gasteiger partial charge on any atom is -0.436 e. The number of aromatic nitrogens is 6. The lowest BCUT2D eigenvalue weighted by Crippen LogP contribution is -2.05. The predicted octanol–water partition coefficient (Wildman–Crippen LogP) is 6.51.